The molecule has 6 heteroatoms. The monoisotopic (exact) mass is 278 g/mol. The molecular weight excluding hydrogens is 260 g/mol. The molecule has 6 nitrogen and oxygen atoms in total. The summed E-state index contributed by atoms with van der Waals surface area (Å²) < 4.78 is 5.15. The predicted molar refractivity (Wildman–Crippen MR) is 71.8 cm³/mol. The molecule has 1 fully saturated rings. The lowest BCUT2D eigenvalue weighted by Gasteiger charge is -2.24. The van der Waals surface area contributed by atoms with Crippen molar-refractivity contribution in [3.05, 3.63) is 23.4 Å². The minimum Gasteiger partial charge on any atom is -0.481 e. The molecule has 0 aromatic carbocycles. The zero-order chi connectivity index (χ0) is 14.7. The number of carboxylic acid groups (broad SMARTS) is 1. The van der Waals surface area contributed by atoms with Crippen LogP contribution in [-0.2, 0) is 4.79 Å². The van der Waals surface area contributed by atoms with Gasteiger partial charge in [-0.2, -0.15) is 0 Å². The third-order valence-electron chi connectivity index (χ3n) is 3.47. The summed E-state index contributed by atoms with van der Waals surface area (Å²) in [6, 6.07) is 3.18. The van der Waals surface area contributed by atoms with Crippen LogP contribution in [0.4, 0.5) is 0 Å². The summed E-state index contributed by atoms with van der Waals surface area (Å²) in [5, 5.41) is 8.91. The highest BCUT2D eigenvalue weighted by Crippen LogP contribution is 2.25. The molecule has 0 radical (unpaired) electrons. The fraction of sp³-hybridized carbons (Fsp3) is 0.500. The third-order valence-corrected chi connectivity index (χ3v) is 3.47. The fourth-order valence-electron chi connectivity index (χ4n) is 2.52. The first-order valence-corrected chi connectivity index (χ1v) is 6.57. The number of carboxylic acids is 1. The predicted octanol–water partition coefficient (Wildman–Crippen LogP) is 1.48. The second-order valence-electron chi connectivity index (χ2n) is 4.90. The minimum absolute atomic E-state index is 0.0205. The molecule has 1 aliphatic rings. The largest absolute Gasteiger partial charge is 0.481 e. The summed E-state index contributed by atoms with van der Waals surface area (Å²) in [7, 11) is 1.47. The molecular formula is C14H18N2O4. The van der Waals surface area contributed by atoms with Gasteiger partial charge in [-0.25, -0.2) is 4.98 Å². The number of carbonyl (C=O) groups excluding carboxylic acids is 1. The van der Waals surface area contributed by atoms with Gasteiger partial charge in [0.05, 0.1) is 13.5 Å². The molecule has 1 aromatic heterocycles. The van der Waals surface area contributed by atoms with E-state index >= 15 is 0 Å². The van der Waals surface area contributed by atoms with Crippen molar-refractivity contribution < 1.29 is 19.4 Å². The van der Waals surface area contributed by atoms with E-state index in [9.17, 15) is 9.59 Å². The number of hydrogen-bond donors (Lipinski definition) is 1. The Kier molecular flexibility index (Phi) is 4.22. The van der Waals surface area contributed by atoms with Gasteiger partial charge in [-0.3, -0.25) is 9.59 Å². The van der Waals surface area contributed by atoms with E-state index in [-0.39, 0.29) is 24.2 Å². The van der Waals surface area contributed by atoms with Crippen LogP contribution in [0.15, 0.2) is 12.1 Å². The van der Waals surface area contributed by atoms with Crippen molar-refractivity contribution in [3.63, 3.8) is 0 Å². The van der Waals surface area contributed by atoms with E-state index < -0.39 is 5.97 Å². The van der Waals surface area contributed by atoms with Crippen LogP contribution in [0.2, 0.25) is 0 Å². The lowest BCUT2D eigenvalue weighted by atomic mass is 10.1. The van der Waals surface area contributed by atoms with Crippen molar-refractivity contribution in [2.75, 3.05) is 13.7 Å². The van der Waals surface area contributed by atoms with Crippen LogP contribution in [0.5, 0.6) is 5.88 Å². The zero-order valence-corrected chi connectivity index (χ0v) is 11.6. The van der Waals surface area contributed by atoms with E-state index in [1.165, 1.54) is 7.11 Å². The van der Waals surface area contributed by atoms with Gasteiger partial charge in [0, 0.05) is 18.3 Å². The van der Waals surface area contributed by atoms with Crippen LogP contribution in [0.1, 0.15) is 35.3 Å². The summed E-state index contributed by atoms with van der Waals surface area (Å²) in [5.74, 6) is -0.808. The quantitative estimate of drug-likeness (QED) is 0.902. The van der Waals surface area contributed by atoms with Crippen molar-refractivity contribution in [1.82, 2.24) is 9.88 Å². The first-order chi connectivity index (χ1) is 9.52. The second-order valence-corrected chi connectivity index (χ2v) is 4.90. The standard InChI is InChI=1S/C14H18N2O4/c1-9-5-6-11(13(15-9)20-2)14(19)16-7-3-4-10(16)8-12(17)18/h5-6,10H,3-4,7-8H2,1-2H3,(H,17,18). The first kappa shape index (κ1) is 14.3. The zero-order valence-electron chi connectivity index (χ0n) is 11.6. The molecule has 108 valence electrons. The highest BCUT2D eigenvalue weighted by atomic mass is 16.5. The summed E-state index contributed by atoms with van der Waals surface area (Å²) in [6.45, 7) is 2.40. The maximum absolute atomic E-state index is 12.5. The van der Waals surface area contributed by atoms with Gasteiger partial charge in [-0.15, -0.1) is 0 Å². The van der Waals surface area contributed by atoms with E-state index in [2.05, 4.69) is 4.98 Å². The van der Waals surface area contributed by atoms with E-state index in [0.717, 1.165) is 18.5 Å². The van der Waals surface area contributed by atoms with Crippen LogP contribution in [-0.4, -0.2) is 46.6 Å². The van der Waals surface area contributed by atoms with Crippen molar-refractivity contribution in [1.29, 1.82) is 0 Å². The molecule has 1 saturated heterocycles. The SMILES string of the molecule is COc1nc(C)ccc1C(=O)N1CCCC1CC(=O)O. The lowest BCUT2D eigenvalue weighted by Crippen LogP contribution is -2.37. The van der Waals surface area contributed by atoms with Gasteiger partial charge in [0.2, 0.25) is 5.88 Å². The number of nitrogens with zero attached hydrogens (tertiary/aromatic N) is 2. The van der Waals surface area contributed by atoms with Crippen molar-refractivity contribution >= 4 is 11.9 Å². The molecule has 1 unspecified atom stereocenters. The number of aliphatic carboxylic acids is 1. The Hall–Kier alpha value is -2.11. The molecule has 0 spiro atoms. The summed E-state index contributed by atoms with van der Waals surface area (Å²) >= 11 is 0. The van der Waals surface area contributed by atoms with Gasteiger partial charge in [-0.1, -0.05) is 0 Å². The average Bonchev–Trinajstić information content (AvgIpc) is 2.85. The molecule has 1 atom stereocenters. The van der Waals surface area contributed by atoms with Gasteiger partial charge >= 0.3 is 5.97 Å². The molecule has 0 aliphatic carbocycles. The van der Waals surface area contributed by atoms with E-state index in [0.29, 0.717) is 12.1 Å². The van der Waals surface area contributed by atoms with Crippen LogP contribution in [0, 0.1) is 6.92 Å². The van der Waals surface area contributed by atoms with Crippen molar-refractivity contribution in [2.45, 2.75) is 32.2 Å². The summed E-state index contributed by atoms with van der Waals surface area (Å²) in [5.41, 5.74) is 1.15. The fourth-order valence-corrected chi connectivity index (χ4v) is 2.52. The van der Waals surface area contributed by atoms with Crippen molar-refractivity contribution in [3.8, 4) is 5.88 Å². The Labute approximate surface area is 117 Å². The molecule has 0 saturated carbocycles. The number of rotatable bonds is 4. The molecule has 2 rings (SSSR count). The van der Waals surface area contributed by atoms with Gasteiger partial charge < -0.3 is 14.7 Å². The van der Waals surface area contributed by atoms with E-state index in [4.69, 9.17) is 9.84 Å². The number of methoxy groups -OCH3 is 1. The summed E-state index contributed by atoms with van der Waals surface area (Å²) in [6.07, 6.45) is 1.53. The Morgan fingerprint density at radius 3 is 2.90 bits per heavy atom. The average molecular weight is 278 g/mol. The Bertz CT molecular complexity index is 530. The number of pyridine rings is 1. The Morgan fingerprint density at radius 1 is 1.50 bits per heavy atom. The number of ether oxygens (including phenoxy) is 1. The lowest BCUT2D eigenvalue weighted by molar-refractivity contribution is -0.137. The molecule has 1 N–H and O–H groups in total. The number of aryl methyl sites for hydroxylation is 1. The number of aromatic nitrogens is 1. The topological polar surface area (TPSA) is 79.7 Å². The maximum atomic E-state index is 12.5. The van der Waals surface area contributed by atoms with Crippen LogP contribution >= 0.6 is 0 Å². The maximum Gasteiger partial charge on any atom is 0.305 e. The minimum atomic E-state index is -0.885. The smallest absolute Gasteiger partial charge is 0.305 e. The summed E-state index contributed by atoms with van der Waals surface area (Å²) in [4.78, 5) is 29.2. The molecule has 1 aliphatic heterocycles. The van der Waals surface area contributed by atoms with Crippen molar-refractivity contribution in [2.24, 2.45) is 0 Å². The van der Waals surface area contributed by atoms with Gasteiger partial charge in [0.25, 0.3) is 5.91 Å². The number of carbonyl (C=O) groups is 2. The highest BCUT2D eigenvalue weighted by molar-refractivity contribution is 5.97. The van der Waals surface area contributed by atoms with E-state index in [1.54, 1.807) is 17.0 Å². The van der Waals surface area contributed by atoms with Gasteiger partial charge in [0.1, 0.15) is 5.56 Å². The highest BCUT2D eigenvalue weighted by Gasteiger charge is 2.32. The van der Waals surface area contributed by atoms with E-state index in [1.807, 2.05) is 6.92 Å². The normalized spacial score (nSPS) is 18.1. The van der Waals surface area contributed by atoms with Gasteiger partial charge in [0.15, 0.2) is 0 Å². The number of likely N-dealkylation sites (tertiary alicyclic amines) is 1. The van der Waals surface area contributed by atoms with Crippen LogP contribution in [0.25, 0.3) is 0 Å². The molecule has 0 bridgehead atoms. The molecule has 20 heavy (non-hydrogen) atoms. The molecule has 1 amide bonds. The van der Waals surface area contributed by atoms with Crippen LogP contribution < -0.4 is 4.74 Å². The third kappa shape index (κ3) is 2.89. The molecule has 1 aromatic rings. The number of amides is 1. The second kappa shape index (κ2) is 5.90. The van der Waals surface area contributed by atoms with Gasteiger partial charge in [-0.05, 0) is 31.9 Å². The first-order valence-electron chi connectivity index (χ1n) is 6.57. The Morgan fingerprint density at radius 2 is 2.25 bits per heavy atom. The Balaban J connectivity index is 2.24. The molecule has 2 heterocycles. The number of hydrogen-bond acceptors (Lipinski definition) is 4. The van der Waals surface area contributed by atoms with Crippen LogP contribution in [0.3, 0.4) is 0 Å².